The van der Waals surface area contributed by atoms with Crippen molar-refractivity contribution in [3.05, 3.63) is 75.7 Å². The molecule has 28 heavy (non-hydrogen) atoms. The Hall–Kier alpha value is -3.17. The van der Waals surface area contributed by atoms with E-state index in [0.29, 0.717) is 29.3 Å². The van der Waals surface area contributed by atoms with Crippen LogP contribution < -0.4 is 10.3 Å². The molecule has 0 N–H and O–H groups in total. The number of nitriles is 1. The van der Waals surface area contributed by atoms with Crippen LogP contribution in [0.2, 0.25) is 5.15 Å². The second-order valence-electron chi connectivity index (χ2n) is 6.68. The van der Waals surface area contributed by atoms with Crippen molar-refractivity contribution in [2.24, 2.45) is 5.92 Å². The lowest BCUT2D eigenvalue weighted by atomic mass is 10.0. The fourth-order valence-electron chi connectivity index (χ4n) is 2.97. The highest BCUT2D eigenvalue weighted by molar-refractivity contribution is 6.29. The van der Waals surface area contributed by atoms with Crippen LogP contribution in [0.1, 0.15) is 18.4 Å². The summed E-state index contributed by atoms with van der Waals surface area (Å²) in [6.07, 6.45) is 5.33. The van der Waals surface area contributed by atoms with Gasteiger partial charge in [-0.1, -0.05) is 17.7 Å². The standard InChI is InChI=1S/C21H15ClFN3O2/c22-20-10-15(5-7-25-20)28-19-4-3-14(9-18(19)23)16-6-8-26(12-13-1-2-13)21(27)17(16)11-24/h3-10,13H,1-2,12H2. The second-order valence-corrected chi connectivity index (χ2v) is 7.07. The molecule has 7 heteroatoms. The first kappa shape index (κ1) is 18.2. The summed E-state index contributed by atoms with van der Waals surface area (Å²) in [5.41, 5.74) is 0.498. The first-order valence-corrected chi connectivity index (χ1v) is 9.16. The third-order valence-electron chi connectivity index (χ3n) is 4.60. The topological polar surface area (TPSA) is 67.9 Å². The molecule has 5 nitrogen and oxygen atoms in total. The maximum absolute atomic E-state index is 14.6. The number of rotatable bonds is 5. The van der Waals surface area contributed by atoms with Gasteiger partial charge in [0.25, 0.3) is 5.56 Å². The van der Waals surface area contributed by atoms with Gasteiger partial charge in [0.2, 0.25) is 0 Å². The molecular weight excluding hydrogens is 381 g/mol. The molecule has 0 amide bonds. The van der Waals surface area contributed by atoms with Crippen LogP contribution >= 0.6 is 11.6 Å². The number of ether oxygens (including phenoxy) is 1. The van der Waals surface area contributed by atoms with E-state index in [1.807, 2.05) is 6.07 Å². The van der Waals surface area contributed by atoms with Crippen molar-refractivity contribution in [1.82, 2.24) is 9.55 Å². The van der Waals surface area contributed by atoms with E-state index in [2.05, 4.69) is 4.98 Å². The van der Waals surface area contributed by atoms with Crippen LogP contribution in [0.4, 0.5) is 4.39 Å². The van der Waals surface area contributed by atoms with Gasteiger partial charge >= 0.3 is 0 Å². The van der Waals surface area contributed by atoms with Crippen molar-refractivity contribution >= 4 is 11.6 Å². The third-order valence-corrected chi connectivity index (χ3v) is 4.80. The highest BCUT2D eigenvalue weighted by atomic mass is 35.5. The van der Waals surface area contributed by atoms with Crippen molar-refractivity contribution in [3.8, 4) is 28.7 Å². The molecule has 0 bridgehead atoms. The summed E-state index contributed by atoms with van der Waals surface area (Å²) in [7, 11) is 0. The maximum atomic E-state index is 14.6. The van der Waals surface area contributed by atoms with Crippen molar-refractivity contribution in [2.45, 2.75) is 19.4 Å². The largest absolute Gasteiger partial charge is 0.454 e. The zero-order valence-electron chi connectivity index (χ0n) is 14.7. The second kappa shape index (κ2) is 7.45. The molecule has 3 aromatic rings. The molecule has 0 unspecified atom stereocenters. The maximum Gasteiger partial charge on any atom is 0.269 e. The fourth-order valence-corrected chi connectivity index (χ4v) is 3.14. The lowest BCUT2D eigenvalue weighted by molar-refractivity contribution is 0.442. The average molecular weight is 396 g/mol. The molecule has 0 saturated heterocycles. The van der Waals surface area contributed by atoms with Gasteiger partial charge in [-0.2, -0.15) is 5.26 Å². The Morgan fingerprint density at radius 3 is 2.79 bits per heavy atom. The molecule has 0 atom stereocenters. The number of aromatic nitrogens is 2. The molecule has 2 aromatic heterocycles. The highest BCUT2D eigenvalue weighted by Gasteiger charge is 2.23. The Morgan fingerprint density at radius 1 is 1.29 bits per heavy atom. The van der Waals surface area contributed by atoms with Crippen molar-refractivity contribution in [2.75, 3.05) is 0 Å². The van der Waals surface area contributed by atoms with Crippen LogP contribution in [0.15, 0.2) is 53.6 Å². The van der Waals surface area contributed by atoms with E-state index in [0.717, 1.165) is 12.8 Å². The molecule has 1 fully saturated rings. The van der Waals surface area contributed by atoms with Gasteiger partial charge in [-0.05, 0) is 48.6 Å². The highest BCUT2D eigenvalue weighted by Crippen LogP contribution is 2.32. The summed E-state index contributed by atoms with van der Waals surface area (Å²) in [5, 5.41) is 9.72. The predicted octanol–water partition coefficient (Wildman–Crippen LogP) is 4.78. The van der Waals surface area contributed by atoms with Crippen molar-refractivity contribution in [1.29, 1.82) is 5.26 Å². The van der Waals surface area contributed by atoms with Gasteiger partial charge in [0.05, 0.1) is 0 Å². The number of hydrogen-bond acceptors (Lipinski definition) is 4. The third kappa shape index (κ3) is 3.75. The van der Waals surface area contributed by atoms with Gasteiger partial charge in [0.15, 0.2) is 11.6 Å². The Bertz CT molecular complexity index is 1150. The number of benzene rings is 1. The summed E-state index contributed by atoms with van der Waals surface area (Å²) < 4.78 is 21.6. The normalized spacial score (nSPS) is 13.2. The quantitative estimate of drug-likeness (QED) is 0.583. The van der Waals surface area contributed by atoms with E-state index >= 15 is 0 Å². The Morgan fingerprint density at radius 2 is 2.11 bits per heavy atom. The van der Waals surface area contributed by atoms with E-state index in [9.17, 15) is 14.4 Å². The summed E-state index contributed by atoms with van der Waals surface area (Å²) in [5.74, 6) is 0.251. The Balaban J connectivity index is 1.66. The first-order chi connectivity index (χ1) is 13.5. The van der Waals surface area contributed by atoms with E-state index in [4.69, 9.17) is 16.3 Å². The molecule has 0 radical (unpaired) electrons. The molecule has 1 aliphatic carbocycles. The summed E-state index contributed by atoms with van der Waals surface area (Å²) in [6, 6.07) is 11.0. The van der Waals surface area contributed by atoms with Crippen LogP contribution in [0.25, 0.3) is 11.1 Å². The van der Waals surface area contributed by atoms with Gasteiger partial charge in [-0.3, -0.25) is 4.79 Å². The van der Waals surface area contributed by atoms with Gasteiger partial charge in [-0.25, -0.2) is 9.37 Å². The first-order valence-electron chi connectivity index (χ1n) is 8.78. The smallest absolute Gasteiger partial charge is 0.269 e. The molecule has 140 valence electrons. The number of hydrogen-bond donors (Lipinski definition) is 0. The Kier molecular flexibility index (Phi) is 4.84. The van der Waals surface area contributed by atoms with Gasteiger partial charge in [0.1, 0.15) is 22.5 Å². The molecule has 0 aliphatic heterocycles. The lowest BCUT2D eigenvalue weighted by Gasteiger charge is -2.11. The Labute approximate surface area is 165 Å². The van der Waals surface area contributed by atoms with Gasteiger partial charge in [-0.15, -0.1) is 0 Å². The van der Waals surface area contributed by atoms with Crippen molar-refractivity contribution < 1.29 is 9.13 Å². The molecule has 1 aromatic carbocycles. The molecule has 1 saturated carbocycles. The lowest BCUT2D eigenvalue weighted by Crippen LogP contribution is -2.23. The van der Waals surface area contributed by atoms with Crippen LogP contribution in [-0.2, 0) is 6.54 Å². The molecular formula is C21H15ClFN3O2. The summed E-state index contributed by atoms with van der Waals surface area (Å²) in [4.78, 5) is 16.4. The van der Waals surface area contributed by atoms with E-state index < -0.39 is 5.82 Å². The summed E-state index contributed by atoms with van der Waals surface area (Å²) >= 11 is 5.81. The number of nitrogens with zero attached hydrogens (tertiary/aromatic N) is 3. The minimum atomic E-state index is -0.614. The number of pyridine rings is 2. The average Bonchev–Trinajstić information content (AvgIpc) is 3.49. The SMILES string of the molecule is N#Cc1c(-c2ccc(Oc3ccnc(Cl)c3)c(F)c2)ccn(CC2CC2)c1=O. The van der Waals surface area contributed by atoms with Gasteiger partial charge in [0, 0.05) is 30.6 Å². The number of halogens is 2. The van der Waals surface area contributed by atoms with E-state index in [1.165, 1.54) is 24.4 Å². The predicted molar refractivity (Wildman–Crippen MR) is 103 cm³/mol. The zero-order valence-corrected chi connectivity index (χ0v) is 15.5. The molecule has 2 heterocycles. The van der Waals surface area contributed by atoms with Crippen LogP contribution in [-0.4, -0.2) is 9.55 Å². The van der Waals surface area contributed by atoms with E-state index in [1.54, 1.807) is 29.0 Å². The van der Waals surface area contributed by atoms with Crippen LogP contribution in [0, 0.1) is 23.1 Å². The van der Waals surface area contributed by atoms with Crippen LogP contribution in [0.5, 0.6) is 11.5 Å². The molecule has 0 spiro atoms. The van der Waals surface area contributed by atoms with Crippen molar-refractivity contribution in [3.63, 3.8) is 0 Å². The van der Waals surface area contributed by atoms with E-state index in [-0.39, 0.29) is 22.0 Å². The minimum Gasteiger partial charge on any atom is -0.454 e. The fraction of sp³-hybridized carbons (Fsp3) is 0.190. The monoisotopic (exact) mass is 395 g/mol. The van der Waals surface area contributed by atoms with Crippen LogP contribution in [0.3, 0.4) is 0 Å². The minimum absolute atomic E-state index is 0.00611. The zero-order chi connectivity index (χ0) is 19.7. The molecule has 1 aliphatic rings. The van der Waals surface area contributed by atoms with Gasteiger partial charge < -0.3 is 9.30 Å². The summed E-state index contributed by atoms with van der Waals surface area (Å²) in [6.45, 7) is 0.615. The molecule has 4 rings (SSSR count).